The van der Waals surface area contributed by atoms with E-state index < -0.39 is 0 Å². The van der Waals surface area contributed by atoms with E-state index in [4.69, 9.17) is 5.73 Å². The fourth-order valence-corrected chi connectivity index (χ4v) is 2.23. The van der Waals surface area contributed by atoms with Gasteiger partial charge in [-0.05, 0) is 12.6 Å². The second-order valence-electron chi connectivity index (χ2n) is 4.97. The first-order valence-electron chi connectivity index (χ1n) is 6.69. The monoisotopic (exact) mass is 262 g/mol. The highest BCUT2D eigenvalue weighted by molar-refractivity contribution is 5.83. The lowest BCUT2D eigenvalue weighted by Gasteiger charge is -2.33. The summed E-state index contributed by atoms with van der Waals surface area (Å²) in [4.78, 5) is 14.5. The van der Waals surface area contributed by atoms with E-state index in [0.29, 0.717) is 6.54 Å². The summed E-state index contributed by atoms with van der Waals surface area (Å²) < 4.78 is 0. The molecule has 0 bridgehead atoms. The minimum Gasteiger partial charge on any atom is -0.329 e. The Morgan fingerprint density at radius 2 is 1.89 bits per heavy atom. The van der Waals surface area contributed by atoms with E-state index in [1.54, 1.807) is 0 Å². The third kappa shape index (κ3) is 3.76. The molecule has 0 aliphatic carbocycles. The second-order valence-corrected chi connectivity index (χ2v) is 4.97. The highest BCUT2D eigenvalue weighted by atomic mass is 16.2. The molecule has 5 heteroatoms. The molecular formula is C14H22N4O. The lowest BCUT2D eigenvalue weighted by Crippen LogP contribution is -2.53. The number of nitrogens with zero attached hydrogens (tertiary/aromatic N) is 2. The molecule has 3 N–H and O–H groups in total. The predicted octanol–water partition coefficient (Wildman–Crippen LogP) is 0.00750. The summed E-state index contributed by atoms with van der Waals surface area (Å²) in [5, 5.41) is 1.98. The van der Waals surface area contributed by atoms with E-state index in [0.717, 1.165) is 31.7 Å². The number of amides is 1. The van der Waals surface area contributed by atoms with Gasteiger partial charge in [-0.2, -0.15) is 0 Å². The van der Waals surface area contributed by atoms with Crippen LogP contribution in [0.1, 0.15) is 11.5 Å². The van der Waals surface area contributed by atoms with Crippen molar-refractivity contribution < 1.29 is 4.79 Å². The molecule has 1 saturated heterocycles. The summed E-state index contributed by atoms with van der Waals surface area (Å²) in [7, 11) is 2.09. The molecule has 1 fully saturated rings. The molecule has 0 spiro atoms. The van der Waals surface area contributed by atoms with Crippen LogP contribution >= 0.6 is 0 Å². The lowest BCUT2D eigenvalue weighted by atomic mass is 9.99. The van der Waals surface area contributed by atoms with Gasteiger partial charge in [0.25, 0.3) is 0 Å². The van der Waals surface area contributed by atoms with Crippen LogP contribution in [0.2, 0.25) is 0 Å². The summed E-state index contributed by atoms with van der Waals surface area (Å²) >= 11 is 0. The average Bonchev–Trinajstić information content (AvgIpc) is 2.43. The molecule has 1 heterocycles. The molecule has 1 unspecified atom stereocenters. The van der Waals surface area contributed by atoms with Gasteiger partial charge in [0.05, 0.1) is 5.92 Å². The van der Waals surface area contributed by atoms with Crippen LogP contribution in [0.3, 0.4) is 0 Å². The zero-order valence-electron chi connectivity index (χ0n) is 11.4. The average molecular weight is 262 g/mol. The number of benzene rings is 1. The van der Waals surface area contributed by atoms with Crippen LogP contribution in [0.25, 0.3) is 0 Å². The van der Waals surface area contributed by atoms with Crippen molar-refractivity contribution in [2.75, 3.05) is 39.8 Å². The molecule has 1 atom stereocenters. The zero-order valence-corrected chi connectivity index (χ0v) is 11.4. The Hall–Kier alpha value is -1.43. The van der Waals surface area contributed by atoms with Gasteiger partial charge in [-0.3, -0.25) is 10.2 Å². The van der Waals surface area contributed by atoms with Gasteiger partial charge >= 0.3 is 0 Å². The van der Waals surface area contributed by atoms with Crippen molar-refractivity contribution in [3.8, 4) is 0 Å². The van der Waals surface area contributed by atoms with Gasteiger partial charge in [-0.25, -0.2) is 5.01 Å². The van der Waals surface area contributed by atoms with Gasteiger partial charge < -0.3 is 10.6 Å². The van der Waals surface area contributed by atoms with Gasteiger partial charge in [0.15, 0.2) is 0 Å². The summed E-state index contributed by atoms with van der Waals surface area (Å²) in [5.41, 5.74) is 9.69. The van der Waals surface area contributed by atoms with Crippen LogP contribution in [-0.2, 0) is 4.79 Å². The molecular weight excluding hydrogens is 240 g/mol. The normalized spacial score (nSPS) is 19.1. The number of hydrogen-bond donors (Lipinski definition) is 2. The maximum Gasteiger partial charge on any atom is 0.243 e. The quantitative estimate of drug-likeness (QED) is 0.802. The number of nitrogens with one attached hydrogen (secondary N) is 1. The Morgan fingerprint density at radius 3 is 2.47 bits per heavy atom. The van der Waals surface area contributed by atoms with E-state index in [-0.39, 0.29) is 11.8 Å². The van der Waals surface area contributed by atoms with Gasteiger partial charge in [-0.15, -0.1) is 0 Å². The van der Waals surface area contributed by atoms with Crippen molar-refractivity contribution in [3.05, 3.63) is 35.9 Å². The molecule has 1 aliphatic heterocycles. The highest BCUT2D eigenvalue weighted by Gasteiger charge is 2.22. The first kappa shape index (κ1) is 14.0. The molecule has 104 valence electrons. The number of hydrogen-bond acceptors (Lipinski definition) is 4. The first-order valence-corrected chi connectivity index (χ1v) is 6.69. The summed E-state index contributed by atoms with van der Waals surface area (Å²) in [6, 6.07) is 9.69. The summed E-state index contributed by atoms with van der Waals surface area (Å²) in [6.07, 6.45) is 0. The van der Waals surface area contributed by atoms with Crippen molar-refractivity contribution in [2.24, 2.45) is 5.73 Å². The number of nitrogens with two attached hydrogens (primary N) is 1. The SMILES string of the molecule is CN1CCN(NC(=O)C(CN)c2ccccc2)CC1. The van der Waals surface area contributed by atoms with Crippen LogP contribution in [-0.4, -0.2) is 55.6 Å². The largest absolute Gasteiger partial charge is 0.329 e. The molecule has 1 aromatic carbocycles. The fourth-order valence-electron chi connectivity index (χ4n) is 2.23. The van der Waals surface area contributed by atoms with Crippen LogP contribution < -0.4 is 11.2 Å². The van der Waals surface area contributed by atoms with Crippen molar-refractivity contribution in [2.45, 2.75) is 5.92 Å². The molecule has 1 aliphatic rings. The number of rotatable bonds is 4. The number of carbonyl (C=O) groups is 1. The molecule has 0 saturated carbocycles. The zero-order chi connectivity index (χ0) is 13.7. The van der Waals surface area contributed by atoms with Crippen molar-refractivity contribution in [1.29, 1.82) is 0 Å². The molecule has 1 aromatic rings. The van der Waals surface area contributed by atoms with Gasteiger partial charge in [-0.1, -0.05) is 30.3 Å². The van der Waals surface area contributed by atoms with E-state index in [1.807, 2.05) is 35.3 Å². The molecule has 5 nitrogen and oxygen atoms in total. The number of piperazine rings is 1. The van der Waals surface area contributed by atoms with Gasteiger partial charge in [0.2, 0.25) is 5.91 Å². The lowest BCUT2D eigenvalue weighted by molar-refractivity contribution is -0.128. The molecule has 2 rings (SSSR count). The Morgan fingerprint density at radius 1 is 1.26 bits per heavy atom. The minimum atomic E-state index is -0.277. The van der Waals surface area contributed by atoms with Crippen LogP contribution in [0.4, 0.5) is 0 Å². The Balaban J connectivity index is 1.94. The van der Waals surface area contributed by atoms with Crippen LogP contribution in [0.15, 0.2) is 30.3 Å². The van der Waals surface area contributed by atoms with Crippen LogP contribution in [0.5, 0.6) is 0 Å². The molecule has 0 aromatic heterocycles. The number of likely N-dealkylation sites (N-methyl/N-ethyl adjacent to an activating group) is 1. The van der Waals surface area contributed by atoms with Crippen molar-refractivity contribution in [1.82, 2.24) is 15.3 Å². The smallest absolute Gasteiger partial charge is 0.243 e. The van der Waals surface area contributed by atoms with Crippen molar-refractivity contribution in [3.63, 3.8) is 0 Å². The molecule has 19 heavy (non-hydrogen) atoms. The van der Waals surface area contributed by atoms with Crippen LogP contribution in [0, 0.1) is 0 Å². The van der Waals surface area contributed by atoms with E-state index in [9.17, 15) is 4.79 Å². The summed E-state index contributed by atoms with van der Waals surface area (Å²) in [5.74, 6) is -0.292. The Kier molecular flexibility index (Phi) is 4.90. The van der Waals surface area contributed by atoms with Gasteiger partial charge in [0, 0.05) is 32.7 Å². The number of hydrazine groups is 1. The third-order valence-electron chi connectivity index (χ3n) is 3.53. The maximum atomic E-state index is 12.3. The summed E-state index contributed by atoms with van der Waals surface area (Å²) in [6.45, 7) is 3.98. The topological polar surface area (TPSA) is 61.6 Å². The molecule has 1 amide bonds. The maximum absolute atomic E-state index is 12.3. The van der Waals surface area contributed by atoms with E-state index in [2.05, 4.69) is 17.4 Å². The molecule has 0 radical (unpaired) electrons. The second kappa shape index (κ2) is 6.65. The predicted molar refractivity (Wildman–Crippen MR) is 75.5 cm³/mol. The minimum absolute atomic E-state index is 0.0155. The van der Waals surface area contributed by atoms with E-state index >= 15 is 0 Å². The van der Waals surface area contributed by atoms with Crippen molar-refractivity contribution >= 4 is 5.91 Å². The fraction of sp³-hybridized carbons (Fsp3) is 0.500. The Labute approximate surface area is 114 Å². The standard InChI is InChI=1S/C14H22N4O/c1-17-7-9-18(10-8-17)16-14(19)13(11-15)12-5-3-2-4-6-12/h2-6,13H,7-11,15H2,1H3,(H,16,19). The third-order valence-corrected chi connectivity index (χ3v) is 3.53. The van der Waals surface area contributed by atoms with E-state index in [1.165, 1.54) is 0 Å². The number of carbonyl (C=O) groups excluding carboxylic acids is 1. The highest BCUT2D eigenvalue weighted by Crippen LogP contribution is 2.14. The Bertz CT molecular complexity index is 401. The first-order chi connectivity index (χ1) is 9.20. The van der Waals surface area contributed by atoms with Gasteiger partial charge in [0.1, 0.15) is 0 Å².